The monoisotopic (exact) mass is 375 g/mol. The number of carboxylic acids is 1. The quantitative estimate of drug-likeness (QED) is 0.840. The van der Waals surface area contributed by atoms with Gasteiger partial charge in [-0.3, -0.25) is 14.3 Å². The first-order valence-electron chi connectivity index (χ1n) is 8.80. The number of amides is 1. The predicted octanol–water partition coefficient (Wildman–Crippen LogP) is 3.30. The van der Waals surface area contributed by atoms with Gasteiger partial charge in [-0.1, -0.05) is 29.8 Å². The number of nitrogens with zero attached hydrogens (tertiary/aromatic N) is 3. The van der Waals surface area contributed by atoms with Gasteiger partial charge in [-0.15, -0.1) is 0 Å². The maximum atomic E-state index is 12.7. The second-order valence-electron chi connectivity index (χ2n) is 6.71. The number of rotatable bonds is 6. The van der Waals surface area contributed by atoms with Gasteiger partial charge in [0.1, 0.15) is 0 Å². The zero-order valence-electron chi connectivity index (χ0n) is 14.5. The van der Waals surface area contributed by atoms with Crippen LogP contribution in [0.5, 0.6) is 0 Å². The first-order valence-corrected chi connectivity index (χ1v) is 9.17. The highest BCUT2D eigenvalue weighted by Gasteiger charge is 2.25. The maximum Gasteiger partial charge on any atom is 0.303 e. The van der Waals surface area contributed by atoms with E-state index in [0.717, 1.165) is 18.4 Å². The molecule has 1 fully saturated rings. The highest BCUT2D eigenvalue weighted by molar-refractivity contribution is 6.31. The van der Waals surface area contributed by atoms with Gasteiger partial charge in [0.05, 0.1) is 18.3 Å². The van der Waals surface area contributed by atoms with Crippen LogP contribution in [-0.4, -0.2) is 44.8 Å². The number of hydrogen-bond donors (Lipinski definition) is 1. The normalized spacial score (nSPS) is 17.3. The van der Waals surface area contributed by atoms with E-state index in [1.54, 1.807) is 17.1 Å². The van der Waals surface area contributed by atoms with Gasteiger partial charge in [0.15, 0.2) is 0 Å². The Morgan fingerprint density at radius 2 is 2.12 bits per heavy atom. The van der Waals surface area contributed by atoms with E-state index in [-0.39, 0.29) is 18.2 Å². The summed E-state index contributed by atoms with van der Waals surface area (Å²) < 4.78 is 1.71. The van der Waals surface area contributed by atoms with Crippen LogP contribution in [0.15, 0.2) is 36.7 Å². The average molecular weight is 376 g/mol. The van der Waals surface area contributed by atoms with E-state index in [1.807, 2.05) is 29.2 Å². The molecule has 0 spiro atoms. The number of aromatic nitrogens is 2. The second-order valence-corrected chi connectivity index (χ2v) is 7.12. The summed E-state index contributed by atoms with van der Waals surface area (Å²) in [6, 6.07) is 7.56. The molecule has 2 aromatic rings. The zero-order valence-corrected chi connectivity index (χ0v) is 15.2. The largest absolute Gasteiger partial charge is 0.481 e. The van der Waals surface area contributed by atoms with Crippen LogP contribution in [0.2, 0.25) is 5.02 Å². The highest BCUT2D eigenvalue weighted by Crippen LogP contribution is 2.23. The number of likely N-dealkylation sites (tertiary alicyclic amines) is 1. The molecule has 2 heterocycles. The fourth-order valence-electron chi connectivity index (χ4n) is 3.36. The molecule has 1 atom stereocenters. The van der Waals surface area contributed by atoms with E-state index in [4.69, 9.17) is 16.7 Å². The Kier molecular flexibility index (Phi) is 5.93. The molecule has 7 heteroatoms. The average Bonchev–Trinajstić information content (AvgIpc) is 3.10. The minimum absolute atomic E-state index is 0.0459. The Morgan fingerprint density at radius 1 is 1.31 bits per heavy atom. The van der Waals surface area contributed by atoms with Gasteiger partial charge >= 0.3 is 5.97 Å². The topological polar surface area (TPSA) is 75.4 Å². The van der Waals surface area contributed by atoms with Crippen molar-refractivity contribution in [3.63, 3.8) is 0 Å². The summed E-state index contributed by atoms with van der Waals surface area (Å²) in [5.41, 5.74) is 1.50. The molecule has 138 valence electrons. The van der Waals surface area contributed by atoms with Crippen LogP contribution in [0, 0.1) is 5.92 Å². The summed E-state index contributed by atoms with van der Waals surface area (Å²) in [5, 5.41) is 13.8. The standard InChI is InChI=1S/C19H22ClN3O3/c20-17-6-2-1-5-15(17)12-23-13-16(10-21-23)19(26)22-9-3-4-14(11-22)7-8-18(24)25/h1-2,5-6,10,13-14H,3-4,7-9,11-12H2,(H,24,25)/t14-/m0/s1. The van der Waals surface area contributed by atoms with Crippen LogP contribution in [0.3, 0.4) is 0 Å². The summed E-state index contributed by atoms with van der Waals surface area (Å²) in [5.74, 6) is -0.577. The van der Waals surface area contributed by atoms with E-state index in [0.29, 0.717) is 36.6 Å². The molecule has 0 saturated carbocycles. The van der Waals surface area contributed by atoms with Gasteiger partial charge in [0.2, 0.25) is 0 Å². The van der Waals surface area contributed by atoms with E-state index in [1.165, 1.54) is 0 Å². The van der Waals surface area contributed by atoms with Crippen molar-refractivity contribution in [2.24, 2.45) is 5.92 Å². The van der Waals surface area contributed by atoms with E-state index < -0.39 is 5.97 Å². The van der Waals surface area contributed by atoms with E-state index in [9.17, 15) is 9.59 Å². The van der Waals surface area contributed by atoms with Gasteiger partial charge in [0.25, 0.3) is 5.91 Å². The summed E-state index contributed by atoms with van der Waals surface area (Å²) in [4.78, 5) is 25.3. The first kappa shape index (κ1) is 18.5. The van der Waals surface area contributed by atoms with Crippen LogP contribution in [0.4, 0.5) is 0 Å². The van der Waals surface area contributed by atoms with Crippen molar-refractivity contribution in [1.82, 2.24) is 14.7 Å². The molecule has 1 aromatic heterocycles. The third-order valence-electron chi connectivity index (χ3n) is 4.74. The fraction of sp³-hybridized carbons (Fsp3) is 0.421. The molecule has 6 nitrogen and oxygen atoms in total. The number of carbonyl (C=O) groups is 2. The third kappa shape index (κ3) is 4.64. The molecule has 1 saturated heterocycles. The maximum absolute atomic E-state index is 12.7. The molecule has 1 aromatic carbocycles. The SMILES string of the molecule is O=C(O)CC[C@@H]1CCCN(C(=O)c2cnn(Cc3ccccc3Cl)c2)C1. The molecule has 26 heavy (non-hydrogen) atoms. The molecule has 1 aliphatic heterocycles. The lowest BCUT2D eigenvalue weighted by atomic mass is 9.93. The molecular weight excluding hydrogens is 354 g/mol. The Balaban J connectivity index is 1.62. The molecule has 0 unspecified atom stereocenters. The van der Waals surface area contributed by atoms with Crippen molar-refractivity contribution in [1.29, 1.82) is 0 Å². The number of carboxylic acid groups (broad SMARTS) is 1. The Bertz CT molecular complexity index is 790. The minimum atomic E-state index is -0.783. The van der Waals surface area contributed by atoms with Crippen LogP contribution in [0.1, 0.15) is 41.6 Å². The van der Waals surface area contributed by atoms with Gasteiger partial charge in [-0.2, -0.15) is 5.10 Å². The van der Waals surface area contributed by atoms with Crippen molar-refractivity contribution in [2.45, 2.75) is 32.2 Å². The van der Waals surface area contributed by atoms with Crippen LogP contribution in [-0.2, 0) is 11.3 Å². The Labute approximate surface area is 157 Å². The molecule has 1 amide bonds. The van der Waals surface area contributed by atoms with Gasteiger partial charge in [0, 0.05) is 30.7 Å². The van der Waals surface area contributed by atoms with Crippen molar-refractivity contribution < 1.29 is 14.7 Å². The third-order valence-corrected chi connectivity index (χ3v) is 5.11. The minimum Gasteiger partial charge on any atom is -0.481 e. The molecule has 0 bridgehead atoms. The van der Waals surface area contributed by atoms with Gasteiger partial charge < -0.3 is 10.0 Å². The van der Waals surface area contributed by atoms with E-state index >= 15 is 0 Å². The smallest absolute Gasteiger partial charge is 0.303 e. The number of benzene rings is 1. The van der Waals surface area contributed by atoms with Gasteiger partial charge in [-0.05, 0) is 36.8 Å². The molecule has 0 aliphatic carbocycles. The number of hydrogen-bond acceptors (Lipinski definition) is 3. The lowest BCUT2D eigenvalue weighted by Crippen LogP contribution is -2.40. The van der Waals surface area contributed by atoms with Crippen molar-refractivity contribution >= 4 is 23.5 Å². The van der Waals surface area contributed by atoms with Crippen molar-refractivity contribution in [2.75, 3.05) is 13.1 Å². The number of piperidine rings is 1. The van der Waals surface area contributed by atoms with Crippen molar-refractivity contribution in [3.8, 4) is 0 Å². The van der Waals surface area contributed by atoms with Crippen molar-refractivity contribution in [3.05, 3.63) is 52.8 Å². The molecule has 0 radical (unpaired) electrons. The summed E-state index contributed by atoms with van der Waals surface area (Å²) in [6.07, 6.45) is 5.98. The van der Waals surface area contributed by atoms with Gasteiger partial charge in [-0.25, -0.2) is 0 Å². The van der Waals surface area contributed by atoms with Crippen LogP contribution >= 0.6 is 11.6 Å². The fourth-order valence-corrected chi connectivity index (χ4v) is 3.55. The van der Waals surface area contributed by atoms with Crippen LogP contribution < -0.4 is 0 Å². The highest BCUT2D eigenvalue weighted by atomic mass is 35.5. The molecule has 1 aliphatic rings. The predicted molar refractivity (Wildman–Crippen MR) is 98.3 cm³/mol. The lowest BCUT2D eigenvalue weighted by molar-refractivity contribution is -0.137. The number of aliphatic carboxylic acids is 1. The molecule has 1 N–H and O–H groups in total. The molecular formula is C19H22ClN3O3. The summed E-state index contributed by atoms with van der Waals surface area (Å²) in [6.45, 7) is 1.83. The second kappa shape index (κ2) is 8.36. The first-order chi connectivity index (χ1) is 12.5. The number of halogens is 1. The Hall–Kier alpha value is -2.34. The Morgan fingerprint density at radius 3 is 2.88 bits per heavy atom. The molecule has 3 rings (SSSR count). The summed E-state index contributed by atoms with van der Waals surface area (Å²) in [7, 11) is 0. The lowest BCUT2D eigenvalue weighted by Gasteiger charge is -2.32. The van der Waals surface area contributed by atoms with E-state index in [2.05, 4.69) is 5.10 Å². The number of carbonyl (C=O) groups excluding carboxylic acids is 1. The van der Waals surface area contributed by atoms with Crippen LogP contribution in [0.25, 0.3) is 0 Å². The zero-order chi connectivity index (χ0) is 18.5. The summed E-state index contributed by atoms with van der Waals surface area (Å²) >= 11 is 6.18.